The van der Waals surface area contributed by atoms with Crippen LogP contribution in [0.1, 0.15) is 6.92 Å². The van der Waals surface area contributed by atoms with Gasteiger partial charge in [0.15, 0.2) is 0 Å². The molecule has 0 saturated heterocycles. The molecule has 0 amide bonds. The summed E-state index contributed by atoms with van der Waals surface area (Å²) in [6, 6.07) is 15.0. The lowest BCUT2D eigenvalue weighted by molar-refractivity contribution is -0.137. The van der Waals surface area contributed by atoms with Crippen LogP contribution in [0.25, 0.3) is 10.8 Å². The normalized spacial score (nSPS) is 12.7. The Labute approximate surface area is 166 Å². The van der Waals surface area contributed by atoms with Crippen molar-refractivity contribution in [3.8, 4) is 0 Å². The summed E-state index contributed by atoms with van der Waals surface area (Å²) in [5, 5.41) is 11.3. The number of aliphatic carboxylic acids is 1. The number of hydrogen-bond acceptors (Lipinski definition) is 3. The second kappa shape index (κ2) is 7.38. The van der Waals surface area contributed by atoms with Crippen molar-refractivity contribution in [2.75, 3.05) is 4.31 Å². The van der Waals surface area contributed by atoms with Crippen LogP contribution in [0, 0.1) is 0 Å². The van der Waals surface area contributed by atoms with E-state index in [0.717, 1.165) is 15.1 Å². The Morgan fingerprint density at radius 2 is 1.67 bits per heavy atom. The number of carbonyl (C=O) groups is 1. The molecule has 3 rings (SSSR count). The van der Waals surface area contributed by atoms with Gasteiger partial charge in [-0.05, 0) is 48.0 Å². The third-order valence-corrected chi connectivity index (χ3v) is 6.74. The zero-order chi connectivity index (χ0) is 19.8. The van der Waals surface area contributed by atoms with E-state index in [1.54, 1.807) is 18.2 Å². The molecule has 27 heavy (non-hydrogen) atoms. The van der Waals surface area contributed by atoms with E-state index in [1.165, 1.54) is 25.1 Å². The predicted molar refractivity (Wildman–Crippen MR) is 107 cm³/mol. The van der Waals surface area contributed by atoms with Crippen molar-refractivity contribution >= 4 is 55.7 Å². The first-order valence-corrected chi connectivity index (χ1v) is 10.1. The number of fused-ring (bicyclic) bond motifs is 1. The van der Waals surface area contributed by atoms with Crippen LogP contribution in [0.15, 0.2) is 65.6 Å². The number of sulfonamides is 1. The minimum Gasteiger partial charge on any atom is -0.480 e. The molecule has 0 heterocycles. The highest BCUT2D eigenvalue weighted by Gasteiger charge is 2.35. The molecule has 8 heteroatoms. The van der Waals surface area contributed by atoms with E-state index in [0.29, 0.717) is 0 Å². The number of carboxylic acid groups (broad SMARTS) is 1. The number of carboxylic acids is 1. The maximum absolute atomic E-state index is 13.3. The van der Waals surface area contributed by atoms with Gasteiger partial charge in [0.2, 0.25) is 0 Å². The number of rotatable bonds is 5. The van der Waals surface area contributed by atoms with Gasteiger partial charge in [-0.1, -0.05) is 53.5 Å². The molecule has 5 nitrogen and oxygen atoms in total. The van der Waals surface area contributed by atoms with E-state index in [-0.39, 0.29) is 20.6 Å². The zero-order valence-corrected chi connectivity index (χ0v) is 16.5. The van der Waals surface area contributed by atoms with Gasteiger partial charge in [0.25, 0.3) is 10.0 Å². The smallest absolute Gasteiger partial charge is 0.327 e. The van der Waals surface area contributed by atoms with Gasteiger partial charge in [-0.3, -0.25) is 4.31 Å². The van der Waals surface area contributed by atoms with Gasteiger partial charge in [0, 0.05) is 5.02 Å². The van der Waals surface area contributed by atoms with Crippen molar-refractivity contribution in [1.82, 2.24) is 0 Å². The van der Waals surface area contributed by atoms with Crippen LogP contribution in [0.5, 0.6) is 0 Å². The quantitative estimate of drug-likeness (QED) is 0.638. The van der Waals surface area contributed by atoms with Crippen LogP contribution in [-0.4, -0.2) is 25.5 Å². The summed E-state index contributed by atoms with van der Waals surface area (Å²) in [4.78, 5) is 11.4. The highest BCUT2D eigenvalue weighted by molar-refractivity contribution is 7.93. The molecule has 0 fully saturated rings. The van der Waals surface area contributed by atoms with Crippen molar-refractivity contribution in [2.45, 2.75) is 17.9 Å². The number of nitrogens with zero attached hydrogens (tertiary/aromatic N) is 1. The fourth-order valence-corrected chi connectivity index (χ4v) is 5.11. The Balaban J connectivity index is 2.24. The summed E-state index contributed by atoms with van der Waals surface area (Å²) in [6.07, 6.45) is 0. The summed E-state index contributed by atoms with van der Waals surface area (Å²) in [5.41, 5.74) is 0.222. The van der Waals surface area contributed by atoms with Crippen LogP contribution in [-0.2, 0) is 14.8 Å². The first-order chi connectivity index (χ1) is 12.7. The van der Waals surface area contributed by atoms with Crippen LogP contribution in [0.2, 0.25) is 10.0 Å². The van der Waals surface area contributed by atoms with Crippen molar-refractivity contribution in [2.24, 2.45) is 0 Å². The SMILES string of the molecule is CC(C(=O)O)N(c1ccc2ccccc2c1)S(=O)(=O)c1cc(Cl)ccc1Cl. The van der Waals surface area contributed by atoms with E-state index >= 15 is 0 Å². The molecule has 1 N–H and O–H groups in total. The molecule has 0 saturated carbocycles. The molecule has 140 valence electrons. The summed E-state index contributed by atoms with van der Waals surface area (Å²) < 4.78 is 27.5. The maximum atomic E-state index is 13.3. The lowest BCUT2D eigenvalue weighted by Crippen LogP contribution is -2.43. The van der Waals surface area contributed by atoms with E-state index in [4.69, 9.17) is 23.2 Å². The molecule has 0 aliphatic rings. The Kier molecular flexibility index (Phi) is 5.33. The zero-order valence-electron chi connectivity index (χ0n) is 14.1. The van der Waals surface area contributed by atoms with Gasteiger partial charge < -0.3 is 5.11 Å². The van der Waals surface area contributed by atoms with Gasteiger partial charge in [-0.25, -0.2) is 13.2 Å². The Bertz CT molecular complexity index is 1130. The van der Waals surface area contributed by atoms with Crippen LogP contribution in [0.4, 0.5) is 5.69 Å². The molecule has 0 radical (unpaired) electrons. The van der Waals surface area contributed by atoms with Gasteiger partial charge in [-0.15, -0.1) is 0 Å². The molecule has 3 aromatic carbocycles. The fourth-order valence-electron chi connectivity index (χ4n) is 2.77. The summed E-state index contributed by atoms with van der Waals surface area (Å²) in [6.45, 7) is 1.30. The minimum absolute atomic E-state index is 0.0391. The van der Waals surface area contributed by atoms with Crippen molar-refractivity contribution in [1.29, 1.82) is 0 Å². The topological polar surface area (TPSA) is 74.7 Å². The minimum atomic E-state index is -4.28. The van der Waals surface area contributed by atoms with Gasteiger partial charge in [0.1, 0.15) is 10.9 Å². The number of halogens is 2. The molecular weight excluding hydrogens is 409 g/mol. The second-order valence-corrected chi connectivity index (χ2v) is 8.55. The molecule has 0 aliphatic carbocycles. The Morgan fingerprint density at radius 1 is 1.00 bits per heavy atom. The Morgan fingerprint density at radius 3 is 2.33 bits per heavy atom. The monoisotopic (exact) mass is 423 g/mol. The number of hydrogen-bond donors (Lipinski definition) is 1. The van der Waals surface area contributed by atoms with Crippen molar-refractivity contribution in [3.05, 3.63) is 70.7 Å². The van der Waals surface area contributed by atoms with Gasteiger partial charge in [-0.2, -0.15) is 0 Å². The molecule has 0 bridgehead atoms. The average Bonchev–Trinajstić information content (AvgIpc) is 2.63. The van der Waals surface area contributed by atoms with Gasteiger partial charge >= 0.3 is 5.97 Å². The molecule has 0 aromatic heterocycles. The first-order valence-electron chi connectivity index (χ1n) is 7.93. The molecule has 0 spiro atoms. The number of anilines is 1. The second-order valence-electron chi connectivity index (χ2n) is 5.92. The summed E-state index contributed by atoms with van der Waals surface area (Å²) in [5.74, 6) is -1.29. The Hall–Kier alpha value is -2.28. The summed E-state index contributed by atoms with van der Waals surface area (Å²) in [7, 11) is -4.28. The lowest BCUT2D eigenvalue weighted by Gasteiger charge is -2.28. The third kappa shape index (κ3) is 3.74. The average molecular weight is 424 g/mol. The largest absolute Gasteiger partial charge is 0.480 e. The maximum Gasteiger partial charge on any atom is 0.327 e. The van der Waals surface area contributed by atoms with Crippen molar-refractivity contribution in [3.63, 3.8) is 0 Å². The van der Waals surface area contributed by atoms with Crippen LogP contribution in [0.3, 0.4) is 0 Å². The third-order valence-electron chi connectivity index (χ3n) is 4.13. The van der Waals surface area contributed by atoms with E-state index in [1.807, 2.05) is 24.3 Å². The highest BCUT2D eigenvalue weighted by atomic mass is 35.5. The standard InChI is InChI=1S/C19H15Cl2NO4S/c1-12(19(23)24)22(16-8-6-13-4-2-3-5-14(13)10-16)27(25,26)18-11-15(20)7-9-17(18)21/h2-12H,1H3,(H,23,24). The van der Waals surface area contributed by atoms with Crippen LogP contribution >= 0.6 is 23.2 Å². The van der Waals surface area contributed by atoms with Gasteiger partial charge in [0.05, 0.1) is 10.7 Å². The number of benzene rings is 3. The van der Waals surface area contributed by atoms with E-state index in [2.05, 4.69) is 0 Å². The summed E-state index contributed by atoms with van der Waals surface area (Å²) >= 11 is 12.0. The van der Waals surface area contributed by atoms with Crippen molar-refractivity contribution < 1.29 is 18.3 Å². The molecule has 3 aromatic rings. The van der Waals surface area contributed by atoms with E-state index in [9.17, 15) is 18.3 Å². The first kappa shape index (κ1) is 19.5. The predicted octanol–water partition coefficient (Wildman–Crippen LogP) is 4.82. The molecule has 1 unspecified atom stereocenters. The van der Waals surface area contributed by atoms with E-state index < -0.39 is 22.0 Å². The fraction of sp³-hybridized carbons (Fsp3) is 0.105. The highest BCUT2D eigenvalue weighted by Crippen LogP contribution is 2.33. The molecule has 1 atom stereocenters. The molecule has 0 aliphatic heterocycles. The molecular formula is C19H15Cl2NO4S. The lowest BCUT2D eigenvalue weighted by atomic mass is 10.1. The van der Waals surface area contributed by atoms with Crippen LogP contribution < -0.4 is 4.31 Å².